The van der Waals surface area contributed by atoms with E-state index in [0.29, 0.717) is 17.4 Å². The molecule has 0 unspecified atom stereocenters. The summed E-state index contributed by atoms with van der Waals surface area (Å²) in [5.41, 5.74) is 6.51. The van der Waals surface area contributed by atoms with Gasteiger partial charge in [0.05, 0.1) is 42.3 Å². The van der Waals surface area contributed by atoms with Gasteiger partial charge in [-0.05, 0) is 24.6 Å². The molecule has 0 atom stereocenters. The van der Waals surface area contributed by atoms with Gasteiger partial charge < -0.3 is 9.30 Å². The maximum atomic E-state index is 11.4. The van der Waals surface area contributed by atoms with Crippen molar-refractivity contribution in [2.24, 2.45) is 12.1 Å². The van der Waals surface area contributed by atoms with Crippen molar-refractivity contribution >= 4 is 39.7 Å². The number of esters is 1. The van der Waals surface area contributed by atoms with Gasteiger partial charge >= 0.3 is 5.97 Å². The highest BCUT2D eigenvalue weighted by atomic mass is 32.1. The second kappa shape index (κ2) is 7.22. The molecule has 0 bridgehead atoms. The standard InChI is InChI=1S/C16H17N5O2S/c1-3-23-15(22)7-12-9-24-16(19-12)20-18-8-11-4-5-13-14(6-11)21(2)10-17-13/h4-6,8-10H,3,7H2,1-2H3,(H,19,20). The number of thiazole rings is 1. The van der Waals surface area contributed by atoms with Crippen molar-refractivity contribution < 1.29 is 9.53 Å². The Morgan fingerprint density at radius 2 is 2.38 bits per heavy atom. The second-order valence-corrected chi connectivity index (χ2v) is 5.96. The third kappa shape index (κ3) is 3.77. The lowest BCUT2D eigenvalue weighted by Gasteiger charge is -1.98. The molecule has 124 valence electrons. The number of anilines is 1. The van der Waals surface area contributed by atoms with E-state index in [2.05, 4.69) is 20.5 Å². The number of rotatable bonds is 6. The topological polar surface area (TPSA) is 81.4 Å². The van der Waals surface area contributed by atoms with E-state index in [1.807, 2.05) is 35.2 Å². The maximum Gasteiger partial charge on any atom is 0.311 e. The number of benzene rings is 1. The number of aromatic nitrogens is 3. The minimum atomic E-state index is -0.276. The number of imidazole rings is 1. The van der Waals surface area contributed by atoms with Gasteiger partial charge in [-0.1, -0.05) is 6.07 Å². The van der Waals surface area contributed by atoms with E-state index in [9.17, 15) is 4.79 Å². The number of carbonyl (C=O) groups excluding carboxylic acids is 1. The number of nitrogens with one attached hydrogen (secondary N) is 1. The van der Waals surface area contributed by atoms with Crippen LogP contribution in [-0.4, -0.2) is 33.3 Å². The lowest BCUT2D eigenvalue weighted by Crippen LogP contribution is -2.07. The Hall–Kier alpha value is -2.74. The number of hydrogen-bond donors (Lipinski definition) is 1. The quantitative estimate of drug-likeness (QED) is 0.423. The number of ether oxygens (including phenoxy) is 1. The summed E-state index contributed by atoms with van der Waals surface area (Å²) in [7, 11) is 1.95. The summed E-state index contributed by atoms with van der Waals surface area (Å²) < 4.78 is 6.86. The molecule has 0 fully saturated rings. The molecular formula is C16H17N5O2S. The summed E-state index contributed by atoms with van der Waals surface area (Å²) in [6.45, 7) is 2.16. The first-order chi connectivity index (χ1) is 11.7. The largest absolute Gasteiger partial charge is 0.466 e. The lowest BCUT2D eigenvalue weighted by molar-refractivity contribution is -0.142. The Balaban J connectivity index is 1.62. The summed E-state index contributed by atoms with van der Waals surface area (Å²) in [5, 5.41) is 6.64. The summed E-state index contributed by atoms with van der Waals surface area (Å²) >= 11 is 1.39. The molecule has 0 spiro atoms. The normalized spacial score (nSPS) is 11.2. The fourth-order valence-corrected chi connectivity index (χ4v) is 2.84. The smallest absolute Gasteiger partial charge is 0.311 e. The van der Waals surface area contributed by atoms with Crippen LogP contribution >= 0.6 is 11.3 Å². The summed E-state index contributed by atoms with van der Waals surface area (Å²) in [6.07, 6.45) is 3.68. The fourth-order valence-electron chi connectivity index (χ4n) is 2.18. The monoisotopic (exact) mass is 343 g/mol. The van der Waals surface area contributed by atoms with Crippen molar-refractivity contribution in [1.29, 1.82) is 0 Å². The molecule has 2 aromatic heterocycles. The predicted octanol–water partition coefficient (Wildman–Crippen LogP) is 2.58. The Morgan fingerprint density at radius 3 is 3.21 bits per heavy atom. The molecule has 3 aromatic rings. The highest BCUT2D eigenvalue weighted by Crippen LogP contribution is 2.16. The number of hydrogen-bond acceptors (Lipinski definition) is 7. The third-order valence-corrected chi connectivity index (χ3v) is 4.10. The molecule has 0 saturated carbocycles. The Morgan fingerprint density at radius 1 is 1.50 bits per heavy atom. The van der Waals surface area contributed by atoms with Gasteiger partial charge in [0.1, 0.15) is 0 Å². The molecule has 3 rings (SSSR count). The van der Waals surface area contributed by atoms with Crippen molar-refractivity contribution in [2.75, 3.05) is 12.0 Å². The van der Waals surface area contributed by atoms with Crippen LogP contribution in [0.1, 0.15) is 18.2 Å². The first-order valence-corrected chi connectivity index (χ1v) is 8.34. The molecule has 0 aliphatic rings. The molecule has 1 N–H and O–H groups in total. The molecule has 0 amide bonds. The van der Waals surface area contributed by atoms with Gasteiger partial charge in [-0.15, -0.1) is 11.3 Å². The van der Waals surface area contributed by atoms with Gasteiger partial charge in [-0.2, -0.15) is 5.10 Å². The Labute approximate surface area is 143 Å². The van der Waals surface area contributed by atoms with E-state index in [4.69, 9.17) is 4.74 Å². The highest BCUT2D eigenvalue weighted by Gasteiger charge is 2.07. The van der Waals surface area contributed by atoms with E-state index < -0.39 is 0 Å². The van der Waals surface area contributed by atoms with Crippen LogP contribution in [0.4, 0.5) is 5.13 Å². The fraction of sp³-hybridized carbons (Fsp3) is 0.250. The minimum Gasteiger partial charge on any atom is -0.466 e. The van der Waals surface area contributed by atoms with Gasteiger partial charge in [0, 0.05) is 12.4 Å². The molecule has 8 heteroatoms. The summed E-state index contributed by atoms with van der Waals surface area (Å²) in [4.78, 5) is 20.0. The zero-order valence-corrected chi connectivity index (χ0v) is 14.2. The van der Waals surface area contributed by atoms with Crippen LogP contribution in [0, 0.1) is 0 Å². The predicted molar refractivity (Wildman–Crippen MR) is 94.4 cm³/mol. The molecular weight excluding hydrogens is 326 g/mol. The van der Waals surface area contributed by atoms with Gasteiger partial charge in [-0.25, -0.2) is 9.97 Å². The molecule has 1 aromatic carbocycles. The van der Waals surface area contributed by atoms with Crippen LogP contribution in [-0.2, 0) is 23.0 Å². The summed E-state index contributed by atoms with van der Waals surface area (Å²) in [5.74, 6) is -0.276. The van der Waals surface area contributed by atoms with Crippen LogP contribution in [0.25, 0.3) is 11.0 Å². The first kappa shape index (κ1) is 16.1. The molecule has 7 nitrogen and oxygen atoms in total. The number of nitrogens with zero attached hydrogens (tertiary/aromatic N) is 4. The van der Waals surface area contributed by atoms with Gasteiger partial charge in [0.25, 0.3) is 0 Å². The van der Waals surface area contributed by atoms with Crippen LogP contribution in [0.5, 0.6) is 0 Å². The minimum absolute atomic E-state index is 0.174. The zero-order chi connectivity index (χ0) is 16.9. The molecule has 0 aliphatic carbocycles. The average Bonchev–Trinajstić information content (AvgIpc) is 3.15. The number of carbonyl (C=O) groups is 1. The van der Waals surface area contributed by atoms with Crippen molar-refractivity contribution in [3.63, 3.8) is 0 Å². The molecule has 0 aliphatic heterocycles. The second-order valence-electron chi connectivity index (χ2n) is 5.10. The van der Waals surface area contributed by atoms with Crippen molar-refractivity contribution in [3.05, 3.63) is 41.2 Å². The van der Waals surface area contributed by atoms with E-state index in [-0.39, 0.29) is 12.4 Å². The van der Waals surface area contributed by atoms with Gasteiger partial charge in [0.15, 0.2) is 0 Å². The van der Waals surface area contributed by atoms with E-state index >= 15 is 0 Å². The van der Waals surface area contributed by atoms with Crippen LogP contribution in [0.15, 0.2) is 35.0 Å². The van der Waals surface area contributed by atoms with Crippen LogP contribution < -0.4 is 5.43 Å². The zero-order valence-electron chi connectivity index (χ0n) is 13.4. The van der Waals surface area contributed by atoms with E-state index in [0.717, 1.165) is 16.6 Å². The van der Waals surface area contributed by atoms with E-state index in [1.165, 1.54) is 11.3 Å². The highest BCUT2D eigenvalue weighted by molar-refractivity contribution is 7.13. The molecule has 0 saturated heterocycles. The number of aryl methyl sites for hydroxylation is 1. The first-order valence-electron chi connectivity index (χ1n) is 7.46. The van der Waals surface area contributed by atoms with Gasteiger partial charge in [-0.3, -0.25) is 10.2 Å². The molecule has 24 heavy (non-hydrogen) atoms. The average molecular weight is 343 g/mol. The maximum absolute atomic E-state index is 11.4. The van der Waals surface area contributed by atoms with Crippen molar-refractivity contribution in [3.8, 4) is 0 Å². The third-order valence-electron chi connectivity index (χ3n) is 3.31. The lowest BCUT2D eigenvalue weighted by atomic mass is 10.2. The van der Waals surface area contributed by atoms with Crippen LogP contribution in [0.2, 0.25) is 0 Å². The van der Waals surface area contributed by atoms with E-state index in [1.54, 1.807) is 19.5 Å². The Bertz CT molecular complexity index is 884. The Kier molecular flexibility index (Phi) is 4.85. The molecule has 2 heterocycles. The van der Waals surface area contributed by atoms with Crippen molar-refractivity contribution in [1.82, 2.24) is 14.5 Å². The van der Waals surface area contributed by atoms with Gasteiger partial charge in [0.2, 0.25) is 5.13 Å². The molecule has 0 radical (unpaired) electrons. The number of hydrazone groups is 1. The SMILES string of the molecule is CCOC(=O)Cc1csc(NN=Cc2ccc3ncn(C)c3c2)n1. The van der Waals surface area contributed by atoms with Crippen LogP contribution in [0.3, 0.4) is 0 Å². The summed E-state index contributed by atoms with van der Waals surface area (Å²) in [6, 6.07) is 5.92. The van der Waals surface area contributed by atoms with Crippen molar-refractivity contribution in [2.45, 2.75) is 13.3 Å². The number of fused-ring (bicyclic) bond motifs is 1.